The molecule has 26 heavy (non-hydrogen) atoms. The summed E-state index contributed by atoms with van der Waals surface area (Å²) in [7, 11) is -3.52. The number of pyridine rings is 1. The lowest BCUT2D eigenvalue weighted by Crippen LogP contribution is -2.30. The Balaban J connectivity index is 1.97. The van der Waals surface area contributed by atoms with Crippen molar-refractivity contribution in [2.75, 3.05) is 24.2 Å². The topological polar surface area (TPSA) is 79.4 Å². The van der Waals surface area contributed by atoms with Crippen LogP contribution in [0.15, 0.2) is 57.0 Å². The zero-order valence-electron chi connectivity index (χ0n) is 14.5. The Labute approximate surface area is 166 Å². The number of benzene rings is 1. The minimum absolute atomic E-state index is 0.156. The van der Waals surface area contributed by atoms with Crippen LogP contribution in [0, 0.1) is 0 Å². The fourth-order valence-electron chi connectivity index (χ4n) is 2.21. The van der Waals surface area contributed by atoms with E-state index < -0.39 is 10.0 Å². The smallest absolute Gasteiger partial charge is 0.244 e. The Hall–Kier alpha value is -1.42. The Morgan fingerprint density at radius 1 is 1.19 bits per heavy atom. The normalized spacial score (nSPS) is 11.5. The first-order chi connectivity index (χ1) is 12.4. The highest BCUT2D eigenvalue weighted by Crippen LogP contribution is 2.23. The van der Waals surface area contributed by atoms with Crippen LogP contribution in [0.1, 0.15) is 13.8 Å². The molecule has 0 saturated heterocycles. The van der Waals surface area contributed by atoms with Crippen LogP contribution in [0.5, 0.6) is 0 Å². The molecule has 2 rings (SSSR count). The second kappa shape index (κ2) is 9.50. The number of aromatic nitrogens is 1. The summed E-state index contributed by atoms with van der Waals surface area (Å²) in [5.41, 5.74) is 0.701. The largest absolute Gasteiger partial charge is 0.324 e. The molecule has 1 aromatic heterocycles. The number of rotatable bonds is 8. The molecule has 140 valence electrons. The summed E-state index contributed by atoms with van der Waals surface area (Å²) in [4.78, 5) is 16.4. The molecule has 0 fully saturated rings. The van der Waals surface area contributed by atoms with Crippen LogP contribution < -0.4 is 5.32 Å². The maximum atomic E-state index is 12.4. The molecule has 9 heteroatoms. The van der Waals surface area contributed by atoms with Gasteiger partial charge in [0, 0.05) is 23.8 Å². The first-order valence-electron chi connectivity index (χ1n) is 8.01. The summed E-state index contributed by atoms with van der Waals surface area (Å²) in [6.07, 6.45) is 1.33. The molecule has 1 aromatic carbocycles. The number of para-hydroxylation sites is 1. The SMILES string of the molecule is CCN(CC)S(=O)(=O)c1ccc(SCC(=O)Nc2ccccc2Br)nc1. The molecule has 2 aromatic rings. The standard InChI is InChI=1S/C17H20BrN3O3S2/c1-3-21(4-2)26(23,24)13-9-10-17(19-11-13)25-12-16(22)20-15-8-6-5-7-14(15)18/h5-11H,3-4,12H2,1-2H3,(H,20,22). The lowest BCUT2D eigenvalue weighted by Gasteiger charge is -2.18. The highest BCUT2D eigenvalue weighted by atomic mass is 79.9. The Morgan fingerprint density at radius 3 is 2.46 bits per heavy atom. The Morgan fingerprint density at radius 2 is 1.88 bits per heavy atom. The minimum atomic E-state index is -3.52. The molecule has 0 bridgehead atoms. The van der Waals surface area contributed by atoms with E-state index >= 15 is 0 Å². The number of hydrogen-bond acceptors (Lipinski definition) is 5. The van der Waals surface area contributed by atoms with Crippen LogP contribution in [0.25, 0.3) is 0 Å². The van der Waals surface area contributed by atoms with E-state index in [2.05, 4.69) is 26.2 Å². The molecule has 0 saturated carbocycles. The zero-order valence-corrected chi connectivity index (χ0v) is 17.7. The van der Waals surface area contributed by atoms with Gasteiger partial charge in [0.1, 0.15) is 4.90 Å². The van der Waals surface area contributed by atoms with E-state index in [-0.39, 0.29) is 16.6 Å². The summed E-state index contributed by atoms with van der Waals surface area (Å²) >= 11 is 4.62. The summed E-state index contributed by atoms with van der Waals surface area (Å²) in [5.74, 6) is 0.0137. The van der Waals surface area contributed by atoms with Crippen molar-refractivity contribution in [3.05, 3.63) is 47.1 Å². The maximum absolute atomic E-state index is 12.4. The second-order valence-electron chi connectivity index (χ2n) is 5.24. The summed E-state index contributed by atoms with van der Waals surface area (Å²) < 4.78 is 27.0. The number of carbonyl (C=O) groups excluding carboxylic acids is 1. The van der Waals surface area contributed by atoms with Gasteiger partial charge in [-0.1, -0.05) is 37.7 Å². The number of carbonyl (C=O) groups is 1. The maximum Gasteiger partial charge on any atom is 0.244 e. The quantitative estimate of drug-likeness (QED) is 0.612. The third-order valence-corrected chi connectivity index (χ3v) is 7.22. The molecular formula is C17H20BrN3O3S2. The van der Waals surface area contributed by atoms with Gasteiger partial charge in [0.05, 0.1) is 16.5 Å². The van der Waals surface area contributed by atoms with Crippen molar-refractivity contribution in [3.63, 3.8) is 0 Å². The predicted molar refractivity (Wildman–Crippen MR) is 108 cm³/mol. The van der Waals surface area contributed by atoms with Crippen molar-refractivity contribution in [1.82, 2.24) is 9.29 Å². The van der Waals surface area contributed by atoms with Crippen molar-refractivity contribution in [2.24, 2.45) is 0 Å². The van der Waals surface area contributed by atoms with E-state index in [0.29, 0.717) is 23.8 Å². The molecule has 0 aliphatic carbocycles. The van der Waals surface area contributed by atoms with Gasteiger partial charge in [-0.3, -0.25) is 4.79 Å². The fourth-order valence-corrected chi connectivity index (χ4v) is 4.64. The van der Waals surface area contributed by atoms with Crippen molar-refractivity contribution < 1.29 is 13.2 Å². The van der Waals surface area contributed by atoms with E-state index in [1.165, 1.54) is 28.3 Å². The molecule has 1 N–H and O–H groups in total. The average Bonchev–Trinajstić information content (AvgIpc) is 2.63. The van der Waals surface area contributed by atoms with Crippen LogP contribution in [0.4, 0.5) is 5.69 Å². The predicted octanol–water partition coefficient (Wildman–Crippen LogP) is 3.61. The van der Waals surface area contributed by atoms with Crippen molar-refractivity contribution in [2.45, 2.75) is 23.8 Å². The van der Waals surface area contributed by atoms with E-state index in [1.54, 1.807) is 26.0 Å². The number of nitrogens with zero attached hydrogens (tertiary/aromatic N) is 2. The van der Waals surface area contributed by atoms with Gasteiger partial charge in [0.15, 0.2) is 0 Å². The molecule has 0 radical (unpaired) electrons. The lowest BCUT2D eigenvalue weighted by molar-refractivity contribution is -0.113. The highest BCUT2D eigenvalue weighted by Gasteiger charge is 2.21. The number of sulfonamides is 1. The van der Waals surface area contributed by atoms with Gasteiger partial charge >= 0.3 is 0 Å². The third-order valence-electron chi connectivity index (χ3n) is 3.55. The molecule has 1 heterocycles. The number of nitrogens with one attached hydrogen (secondary N) is 1. The van der Waals surface area contributed by atoms with Crippen molar-refractivity contribution >= 4 is 49.3 Å². The molecule has 0 aliphatic rings. The zero-order chi connectivity index (χ0) is 19.2. The van der Waals surface area contributed by atoms with Gasteiger partial charge < -0.3 is 5.32 Å². The summed E-state index contributed by atoms with van der Waals surface area (Å²) in [6.45, 7) is 4.40. The molecule has 6 nitrogen and oxygen atoms in total. The van der Waals surface area contributed by atoms with E-state index in [9.17, 15) is 13.2 Å². The number of halogens is 1. The molecule has 0 atom stereocenters. The van der Waals surface area contributed by atoms with Crippen molar-refractivity contribution in [3.8, 4) is 0 Å². The van der Waals surface area contributed by atoms with Crippen LogP contribution in [0.2, 0.25) is 0 Å². The highest BCUT2D eigenvalue weighted by molar-refractivity contribution is 9.10. The molecule has 0 unspecified atom stereocenters. The van der Waals surface area contributed by atoms with Crippen LogP contribution >= 0.6 is 27.7 Å². The van der Waals surface area contributed by atoms with Crippen LogP contribution in [-0.2, 0) is 14.8 Å². The van der Waals surface area contributed by atoms with Gasteiger partial charge in [-0.15, -0.1) is 0 Å². The third kappa shape index (κ3) is 5.29. The first-order valence-corrected chi connectivity index (χ1v) is 11.2. The van der Waals surface area contributed by atoms with Gasteiger partial charge in [0.25, 0.3) is 0 Å². The number of amides is 1. The van der Waals surface area contributed by atoms with E-state index in [0.717, 1.165) is 4.47 Å². The van der Waals surface area contributed by atoms with E-state index in [1.807, 2.05) is 18.2 Å². The van der Waals surface area contributed by atoms with Gasteiger partial charge in [-0.05, 0) is 40.2 Å². The van der Waals surface area contributed by atoms with Crippen LogP contribution in [0.3, 0.4) is 0 Å². The van der Waals surface area contributed by atoms with E-state index in [4.69, 9.17) is 0 Å². The molecular weight excluding hydrogens is 438 g/mol. The molecule has 0 spiro atoms. The van der Waals surface area contributed by atoms with Gasteiger partial charge in [0.2, 0.25) is 15.9 Å². The minimum Gasteiger partial charge on any atom is -0.324 e. The number of thioether (sulfide) groups is 1. The second-order valence-corrected chi connectivity index (χ2v) is 9.03. The van der Waals surface area contributed by atoms with Gasteiger partial charge in [-0.2, -0.15) is 4.31 Å². The number of hydrogen-bond donors (Lipinski definition) is 1. The Bertz CT molecular complexity index is 854. The Kier molecular flexibility index (Phi) is 7.63. The van der Waals surface area contributed by atoms with Crippen LogP contribution in [-0.4, -0.2) is 42.5 Å². The molecule has 0 aliphatic heterocycles. The lowest BCUT2D eigenvalue weighted by atomic mass is 10.3. The monoisotopic (exact) mass is 457 g/mol. The van der Waals surface area contributed by atoms with Gasteiger partial charge in [-0.25, -0.2) is 13.4 Å². The number of anilines is 1. The van der Waals surface area contributed by atoms with Crippen molar-refractivity contribution in [1.29, 1.82) is 0 Å². The average molecular weight is 458 g/mol. The summed E-state index contributed by atoms with van der Waals surface area (Å²) in [5, 5.41) is 3.40. The summed E-state index contributed by atoms with van der Waals surface area (Å²) in [6, 6.07) is 10.5. The first kappa shape index (κ1) is 20.9. The molecule has 1 amide bonds. The fraction of sp³-hybridized carbons (Fsp3) is 0.294.